The third-order valence-electron chi connectivity index (χ3n) is 3.84. The van der Waals surface area contributed by atoms with Gasteiger partial charge in [-0.1, -0.05) is 23.5 Å². The summed E-state index contributed by atoms with van der Waals surface area (Å²) in [6, 6.07) is 7.19. The van der Waals surface area contributed by atoms with Crippen molar-refractivity contribution in [1.82, 2.24) is 14.3 Å². The summed E-state index contributed by atoms with van der Waals surface area (Å²) in [7, 11) is 0. The topological polar surface area (TPSA) is 119 Å². The Morgan fingerprint density at radius 2 is 2.07 bits per heavy atom. The molecule has 4 rings (SSSR count). The lowest BCUT2D eigenvalue weighted by molar-refractivity contribution is -0.614. The fourth-order valence-electron chi connectivity index (χ4n) is 2.41. The lowest BCUT2D eigenvalue weighted by Crippen LogP contribution is -2.29. The monoisotopic (exact) mass is 457 g/mol. The molecule has 12 heteroatoms. The molecule has 152 valence electrons. The van der Waals surface area contributed by atoms with E-state index in [9.17, 15) is 10.0 Å². The van der Waals surface area contributed by atoms with Crippen molar-refractivity contribution >= 4 is 57.4 Å². The van der Waals surface area contributed by atoms with Gasteiger partial charge in [-0.3, -0.25) is 10.1 Å². The van der Waals surface area contributed by atoms with E-state index in [1.807, 2.05) is 18.2 Å². The van der Waals surface area contributed by atoms with Crippen molar-refractivity contribution in [1.29, 1.82) is 0 Å². The van der Waals surface area contributed by atoms with Crippen molar-refractivity contribution in [3.05, 3.63) is 52.9 Å². The van der Waals surface area contributed by atoms with Crippen molar-refractivity contribution in [2.75, 3.05) is 5.32 Å². The number of aryl methyl sites for hydroxylation is 2. The van der Waals surface area contributed by atoms with E-state index in [1.54, 1.807) is 26.1 Å². The fraction of sp³-hybridized carbons (Fsp3) is 0.167. The largest absolute Gasteiger partial charge is 0.618 e. The van der Waals surface area contributed by atoms with Crippen LogP contribution in [0.25, 0.3) is 0 Å². The average molecular weight is 458 g/mol. The van der Waals surface area contributed by atoms with E-state index in [0.717, 1.165) is 21.3 Å². The summed E-state index contributed by atoms with van der Waals surface area (Å²) < 4.78 is 4.87. The van der Waals surface area contributed by atoms with E-state index in [2.05, 4.69) is 29.9 Å². The number of aromatic nitrogens is 4. The zero-order valence-electron chi connectivity index (χ0n) is 15.9. The summed E-state index contributed by atoms with van der Waals surface area (Å²) in [6.45, 7) is 3.48. The van der Waals surface area contributed by atoms with Crippen LogP contribution in [0, 0.1) is 19.1 Å². The van der Waals surface area contributed by atoms with Crippen LogP contribution >= 0.6 is 35.1 Å². The van der Waals surface area contributed by atoms with Gasteiger partial charge in [0.2, 0.25) is 5.13 Å². The van der Waals surface area contributed by atoms with Gasteiger partial charge in [0, 0.05) is 42.1 Å². The number of anilines is 1. The Labute approximate surface area is 184 Å². The van der Waals surface area contributed by atoms with E-state index >= 15 is 0 Å². The Balaban J connectivity index is 1.64. The third kappa shape index (κ3) is 4.83. The Morgan fingerprint density at radius 3 is 2.77 bits per heavy atom. The molecule has 4 heterocycles. The summed E-state index contributed by atoms with van der Waals surface area (Å²) in [5, 5.41) is 24.4. The van der Waals surface area contributed by atoms with E-state index in [0.29, 0.717) is 37.9 Å². The molecule has 3 aromatic rings. The van der Waals surface area contributed by atoms with Crippen LogP contribution in [-0.4, -0.2) is 31.5 Å². The highest BCUT2D eigenvalue weighted by Gasteiger charge is 2.19. The highest BCUT2D eigenvalue weighted by Crippen LogP contribution is 2.32. The highest BCUT2D eigenvalue weighted by molar-refractivity contribution is 8.14. The van der Waals surface area contributed by atoms with Gasteiger partial charge in [-0.2, -0.15) is 14.2 Å². The first-order chi connectivity index (χ1) is 14.5. The van der Waals surface area contributed by atoms with Crippen LogP contribution < -0.4 is 10.0 Å². The van der Waals surface area contributed by atoms with Crippen LogP contribution in [-0.2, 0) is 0 Å². The Bertz CT molecular complexity index is 1180. The molecule has 30 heavy (non-hydrogen) atoms. The zero-order valence-corrected chi connectivity index (χ0v) is 18.3. The van der Waals surface area contributed by atoms with E-state index < -0.39 is 5.91 Å². The van der Waals surface area contributed by atoms with Gasteiger partial charge in [-0.25, -0.2) is 9.97 Å². The molecule has 1 aliphatic heterocycles. The highest BCUT2D eigenvalue weighted by atomic mass is 32.2. The molecule has 0 saturated carbocycles. The molecular formula is C18H15N7O2S3. The van der Waals surface area contributed by atoms with Gasteiger partial charge < -0.3 is 5.21 Å². The molecule has 0 radical (unpaired) electrons. The smallest absolute Gasteiger partial charge is 0.277 e. The number of pyridine rings is 2. The summed E-state index contributed by atoms with van der Waals surface area (Å²) in [4.78, 5) is 23.0. The molecule has 3 aromatic heterocycles. The second-order valence-electron chi connectivity index (χ2n) is 6.13. The third-order valence-corrected chi connectivity index (χ3v) is 6.51. The van der Waals surface area contributed by atoms with Gasteiger partial charge in [-0.05, 0) is 25.1 Å². The molecule has 0 aromatic carbocycles. The number of amides is 1. The molecule has 0 bridgehead atoms. The molecule has 0 unspecified atom stereocenters. The maximum absolute atomic E-state index is 13.0. The van der Waals surface area contributed by atoms with Crippen molar-refractivity contribution in [3.63, 3.8) is 0 Å². The minimum Gasteiger partial charge on any atom is -0.618 e. The molecule has 0 saturated heterocycles. The van der Waals surface area contributed by atoms with Crippen molar-refractivity contribution in [2.45, 2.75) is 35.1 Å². The Hall–Kier alpha value is -2.83. The van der Waals surface area contributed by atoms with Gasteiger partial charge in [0.25, 0.3) is 5.91 Å². The molecule has 1 amide bonds. The summed E-state index contributed by atoms with van der Waals surface area (Å²) in [6.07, 6.45) is 3.83. The summed E-state index contributed by atoms with van der Waals surface area (Å²) in [5.74, 6) is 0.184. The minimum absolute atomic E-state index is 0.232. The predicted octanol–water partition coefficient (Wildman–Crippen LogP) is 3.47. The number of carbonyl (C=O) groups is 1. The zero-order chi connectivity index (χ0) is 21.1. The molecule has 9 nitrogen and oxygen atoms in total. The number of nitrogens with one attached hydrogen (secondary N) is 1. The number of thioether (sulfide) groups is 1. The van der Waals surface area contributed by atoms with Crippen molar-refractivity contribution in [3.8, 4) is 0 Å². The van der Waals surface area contributed by atoms with Gasteiger partial charge in [0.05, 0.1) is 4.90 Å². The second kappa shape index (κ2) is 8.90. The molecule has 1 N–H and O–H groups in total. The van der Waals surface area contributed by atoms with E-state index in [1.165, 1.54) is 29.7 Å². The Kier molecular flexibility index (Phi) is 6.06. The number of hydrogen-bond acceptors (Lipinski definition) is 10. The SMILES string of the molecule is Cc1nsc(NC(=O)c2nc(SC3=NN=CC3)ccc2Sc2ccc(C)[n+]([O-])c2)n1. The van der Waals surface area contributed by atoms with Gasteiger partial charge in [0.1, 0.15) is 21.6 Å². The second-order valence-corrected chi connectivity index (χ2v) is 9.09. The van der Waals surface area contributed by atoms with Crippen LogP contribution in [0.1, 0.15) is 28.4 Å². The van der Waals surface area contributed by atoms with Crippen LogP contribution in [0.3, 0.4) is 0 Å². The summed E-state index contributed by atoms with van der Waals surface area (Å²) >= 11 is 3.75. The van der Waals surface area contributed by atoms with E-state index in [-0.39, 0.29) is 5.69 Å². The molecule has 0 spiro atoms. The summed E-state index contributed by atoms with van der Waals surface area (Å²) in [5.41, 5.74) is 0.823. The maximum atomic E-state index is 13.0. The van der Waals surface area contributed by atoms with Gasteiger partial charge >= 0.3 is 0 Å². The fourth-order valence-corrected chi connectivity index (χ4v) is 4.65. The molecule has 0 aliphatic carbocycles. The minimum atomic E-state index is -0.400. The van der Waals surface area contributed by atoms with Gasteiger partial charge in [-0.15, -0.1) is 5.10 Å². The van der Waals surface area contributed by atoms with Crippen molar-refractivity contribution in [2.24, 2.45) is 10.2 Å². The molecule has 0 atom stereocenters. The first kappa shape index (κ1) is 20.4. The normalized spacial score (nSPS) is 12.8. The number of hydrogen-bond donors (Lipinski definition) is 1. The van der Waals surface area contributed by atoms with Crippen molar-refractivity contribution < 1.29 is 9.52 Å². The van der Waals surface area contributed by atoms with Crippen LogP contribution in [0.5, 0.6) is 0 Å². The average Bonchev–Trinajstić information content (AvgIpc) is 3.37. The van der Waals surface area contributed by atoms with Crippen LogP contribution in [0.4, 0.5) is 5.13 Å². The lowest BCUT2D eigenvalue weighted by atomic mass is 10.3. The number of carbonyl (C=O) groups excluding carboxylic acids is 1. The molecule has 1 aliphatic rings. The van der Waals surface area contributed by atoms with E-state index in [4.69, 9.17) is 0 Å². The first-order valence-electron chi connectivity index (χ1n) is 8.74. The maximum Gasteiger partial charge on any atom is 0.277 e. The lowest BCUT2D eigenvalue weighted by Gasteiger charge is -2.10. The number of rotatable bonds is 5. The van der Waals surface area contributed by atoms with Crippen LogP contribution in [0.2, 0.25) is 0 Å². The van der Waals surface area contributed by atoms with Crippen LogP contribution in [0.15, 0.2) is 55.5 Å². The standard InChI is InChI=1S/C18H15N7O2S3/c1-10-3-4-12(9-25(10)27)28-13-5-6-14(29-15-7-8-19-23-15)21-16(13)17(26)22-18-20-11(2)24-30-18/h3-6,8-9H,7H2,1-2H3,(H,20,22,24,26). The Morgan fingerprint density at radius 1 is 1.20 bits per heavy atom. The molecule has 0 fully saturated rings. The quantitative estimate of drug-likeness (QED) is 0.460. The molecular weight excluding hydrogens is 442 g/mol. The predicted molar refractivity (Wildman–Crippen MR) is 117 cm³/mol. The van der Waals surface area contributed by atoms with Gasteiger partial charge in [0.15, 0.2) is 11.9 Å². The first-order valence-corrected chi connectivity index (χ1v) is 11.1. The number of nitrogens with zero attached hydrogens (tertiary/aromatic N) is 6.